The van der Waals surface area contributed by atoms with E-state index in [1.165, 1.54) is 26.6 Å². The largest absolute Gasteiger partial charge is 0.495 e. The number of aromatic nitrogens is 2. The zero-order valence-corrected chi connectivity index (χ0v) is 14.4. The molecule has 0 saturated heterocycles. The van der Waals surface area contributed by atoms with Gasteiger partial charge in [0.25, 0.3) is 10.0 Å². The molecule has 1 aromatic carbocycles. The quantitative estimate of drug-likeness (QED) is 0.723. The highest BCUT2D eigenvalue weighted by molar-refractivity contribution is 7.93. The van der Waals surface area contributed by atoms with Gasteiger partial charge in [0.1, 0.15) is 10.6 Å². The molecule has 0 amide bonds. The number of nitrogens with one attached hydrogen (secondary N) is 2. The first-order valence-corrected chi connectivity index (χ1v) is 8.68. The van der Waals surface area contributed by atoms with E-state index in [1.807, 2.05) is 0 Å². The lowest BCUT2D eigenvalue weighted by Gasteiger charge is -2.11. The Morgan fingerprint density at radius 1 is 1.21 bits per heavy atom. The second-order valence-electron chi connectivity index (χ2n) is 4.87. The summed E-state index contributed by atoms with van der Waals surface area (Å²) < 4.78 is 38.0. The highest BCUT2D eigenvalue weighted by Gasteiger charge is 2.21. The molecular formula is C15H14ClN3O4S. The van der Waals surface area contributed by atoms with E-state index in [9.17, 15) is 8.42 Å². The molecule has 7 nitrogen and oxygen atoms in total. The lowest BCUT2D eigenvalue weighted by Crippen LogP contribution is -2.14. The molecule has 0 unspecified atom stereocenters. The van der Waals surface area contributed by atoms with Crippen molar-refractivity contribution in [2.24, 2.45) is 0 Å². The molecule has 0 aliphatic carbocycles. The third-order valence-electron chi connectivity index (χ3n) is 3.41. The number of H-pyrrole nitrogens is 1. The lowest BCUT2D eigenvalue weighted by molar-refractivity contribution is 0.392. The third kappa shape index (κ3) is 2.98. The number of sulfonamides is 1. The van der Waals surface area contributed by atoms with Crippen LogP contribution >= 0.6 is 11.6 Å². The first-order valence-electron chi connectivity index (χ1n) is 6.82. The van der Waals surface area contributed by atoms with E-state index in [1.54, 1.807) is 24.3 Å². The van der Waals surface area contributed by atoms with Gasteiger partial charge < -0.3 is 14.5 Å². The summed E-state index contributed by atoms with van der Waals surface area (Å²) in [6.07, 6.45) is 2.80. The molecule has 9 heteroatoms. The van der Waals surface area contributed by atoms with Gasteiger partial charge in [-0.15, -0.1) is 0 Å². The van der Waals surface area contributed by atoms with Crippen LogP contribution in [0.2, 0.25) is 5.02 Å². The van der Waals surface area contributed by atoms with Gasteiger partial charge in [-0.3, -0.25) is 4.72 Å². The molecule has 24 heavy (non-hydrogen) atoms. The van der Waals surface area contributed by atoms with Gasteiger partial charge in [0.2, 0.25) is 0 Å². The molecule has 0 radical (unpaired) electrons. The number of rotatable bonds is 5. The number of fused-ring (bicyclic) bond motifs is 1. The smallest absolute Gasteiger partial charge is 0.265 e. The van der Waals surface area contributed by atoms with Gasteiger partial charge in [-0.05, 0) is 18.2 Å². The lowest BCUT2D eigenvalue weighted by atomic mass is 10.2. The first kappa shape index (κ1) is 16.4. The highest BCUT2D eigenvalue weighted by atomic mass is 35.5. The Balaban J connectivity index is 2.02. The van der Waals surface area contributed by atoms with Gasteiger partial charge >= 0.3 is 0 Å². The molecule has 0 fully saturated rings. The molecule has 126 valence electrons. The third-order valence-corrected chi connectivity index (χ3v) is 5.02. The Kier molecular flexibility index (Phi) is 4.25. The van der Waals surface area contributed by atoms with E-state index in [-0.39, 0.29) is 16.5 Å². The summed E-state index contributed by atoms with van der Waals surface area (Å²) in [6, 6.07) is 6.46. The average molecular weight is 368 g/mol. The summed E-state index contributed by atoms with van der Waals surface area (Å²) in [5.41, 5.74) is 0.623. The maximum Gasteiger partial charge on any atom is 0.265 e. The number of ether oxygens (including phenoxy) is 2. The first-order chi connectivity index (χ1) is 11.4. The minimum absolute atomic E-state index is 0.0709. The molecule has 2 heterocycles. The number of hydrogen-bond acceptors (Lipinski definition) is 5. The van der Waals surface area contributed by atoms with Gasteiger partial charge in [-0.1, -0.05) is 11.6 Å². The Morgan fingerprint density at radius 2 is 2.00 bits per heavy atom. The van der Waals surface area contributed by atoms with Crippen LogP contribution in [0.25, 0.3) is 10.9 Å². The van der Waals surface area contributed by atoms with E-state index < -0.39 is 10.0 Å². The molecule has 0 aliphatic rings. The van der Waals surface area contributed by atoms with Crippen LogP contribution in [0.5, 0.6) is 11.5 Å². The number of aromatic amines is 1. The number of anilines is 1. The summed E-state index contributed by atoms with van der Waals surface area (Å²) in [7, 11) is -0.967. The van der Waals surface area contributed by atoms with Crippen molar-refractivity contribution in [1.82, 2.24) is 9.97 Å². The Bertz CT molecular complexity index is 1000. The van der Waals surface area contributed by atoms with Crippen molar-refractivity contribution < 1.29 is 17.9 Å². The number of halogens is 1. The normalized spacial score (nSPS) is 11.5. The second-order valence-corrected chi connectivity index (χ2v) is 6.96. The van der Waals surface area contributed by atoms with Crippen LogP contribution in [0.15, 0.2) is 41.6 Å². The summed E-state index contributed by atoms with van der Waals surface area (Å²) >= 11 is 5.92. The van der Waals surface area contributed by atoms with E-state index >= 15 is 0 Å². The van der Waals surface area contributed by atoms with E-state index in [0.29, 0.717) is 21.7 Å². The predicted octanol–water partition coefficient (Wildman–Crippen LogP) is 3.03. The Morgan fingerprint density at radius 3 is 2.71 bits per heavy atom. The van der Waals surface area contributed by atoms with Gasteiger partial charge in [-0.2, -0.15) is 0 Å². The maximum absolute atomic E-state index is 12.7. The number of pyridine rings is 1. The number of nitrogens with zero attached hydrogens (tertiary/aromatic N) is 1. The standard InChI is InChI=1S/C15H14ClN3O4S/c1-22-10-6-13(23-2)15(18-7-10)19-24(20,21)14-8-17-12-5-9(16)3-4-11(12)14/h3-8,17H,1-2H3,(H,18,19). The van der Waals surface area contributed by atoms with Crippen molar-refractivity contribution in [3.05, 3.63) is 41.7 Å². The fraction of sp³-hybridized carbons (Fsp3) is 0.133. The van der Waals surface area contributed by atoms with E-state index in [4.69, 9.17) is 21.1 Å². The summed E-state index contributed by atoms with van der Waals surface area (Å²) in [6.45, 7) is 0. The van der Waals surface area contributed by atoms with Crippen LogP contribution in [0.1, 0.15) is 0 Å². The molecule has 0 spiro atoms. The van der Waals surface area contributed by atoms with Crippen LogP contribution in [-0.4, -0.2) is 32.6 Å². The molecule has 3 rings (SSSR count). The Labute approximate surface area is 143 Å². The van der Waals surface area contributed by atoms with Crippen molar-refractivity contribution in [3.63, 3.8) is 0 Å². The minimum Gasteiger partial charge on any atom is -0.495 e. The zero-order valence-electron chi connectivity index (χ0n) is 12.8. The second kappa shape index (κ2) is 6.21. The van der Waals surface area contributed by atoms with Gasteiger partial charge in [0.15, 0.2) is 11.6 Å². The molecule has 2 aromatic heterocycles. The summed E-state index contributed by atoms with van der Waals surface area (Å²) in [5.74, 6) is 0.777. The van der Waals surface area contributed by atoms with Crippen molar-refractivity contribution in [1.29, 1.82) is 0 Å². The van der Waals surface area contributed by atoms with Crippen LogP contribution < -0.4 is 14.2 Å². The molecule has 0 aliphatic heterocycles. The number of benzene rings is 1. The van der Waals surface area contributed by atoms with Crippen LogP contribution in [0.4, 0.5) is 5.82 Å². The van der Waals surface area contributed by atoms with E-state index in [2.05, 4.69) is 14.7 Å². The molecule has 2 N–H and O–H groups in total. The monoisotopic (exact) mass is 367 g/mol. The van der Waals surface area contributed by atoms with Gasteiger partial charge in [0.05, 0.1) is 20.4 Å². The fourth-order valence-corrected chi connectivity index (χ4v) is 3.62. The molecular weight excluding hydrogens is 354 g/mol. The van der Waals surface area contributed by atoms with Crippen LogP contribution in [-0.2, 0) is 10.0 Å². The molecule has 3 aromatic rings. The molecule has 0 saturated carbocycles. The van der Waals surface area contributed by atoms with E-state index in [0.717, 1.165) is 0 Å². The zero-order chi connectivity index (χ0) is 17.3. The summed E-state index contributed by atoms with van der Waals surface area (Å²) in [4.78, 5) is 7.02. The summed E-state index contributed by atoms with van der Waals surface area (Å²) in [5, 5.41) is 1.04. The van der Waals surface area contributed by atoms with Crippen LogP contribution in [0.3, 0.4) is 0 Å². The van der Waals surface area contributed by atoms with Crippen molar-refractivity contribution in [2.75, 3.05) is 18.9 Å². The highest BCUT2D eigenvalue weighted by Crippen LogP contribution is 2.30. The van der Waals surface area contributed by atoms with Crippen molar-refractivity contribution >= 4 is 38.3 Å². The van der Waals surface area contributed by atoms with Gasteiger partial charge in [0, 0.05) is 28.2 Å². The predicted molar refractivity (Wildman–Crippen MR) is 91.5 cm³/mol. The fourth-order valence-electron chi connectivity index (χ4n) is 2.25. The van der Waals surface area contributed by atoms with Crippen LogP contribution in [0, 0.1) is 0 Å². The van der Waals surface area contributed by atoms with Crippen molar-refractivity contribution in [3.8, 4) is 11.5 Å². The molecule has 0 bridgehead atoms. The van der Waals surface area contributed by atoms with Gasteiger partial charge in [-0.25, -0.2) is 13.4 Å². The average Bonchev–Trinajstić information content (AvgIpc) is 2.98. The minimum atomic E-state index is -3.87. The number of hydrogen-bond donors (Lipinski definition) is 2. The van der Waals surface area contributed by atoms with Crippen molar-refractivity contribution in [2.45, 2.75) is 4.90 Å². The Hall–Kier alpha value is -2.45. The topological polar surface area (TPSA) is 93.3 Å². The molecule has 0 atom stereocenters. The maximum atomic E-state index is 12.7. The number of methoxy groups -OCH3 is 2. The SMILES string of the molecule is COc1cnc(NS(=O)(=O)c2c[nH]c3cc(Cl)ccc23)c(OC)c1.